The van der Waals surface area contributed by atoms with Gasteiger partial charge in [0.05, 0.1) is 12.2 Å². The van der Waals surface area contributed by atoms with Crippen LogP contribution in [0.5, 0.6) is 0 Å². The Morgan fingerprint density at radius 1 is 1.15 bits per heavy atom. The maximum absolute atomic E-state index is 6.03. The average molecular weight is 273 g/mol. The number of hydrogen-bond donors (Lipinski definition) is 1. The summed E-state index contributed by atoms with van der Waals surface area (Å²) in [6.45, 7) is 5.45. The van der Waals surface area contributed by atoms with Crippen molar-refractivity contribution in [2.45, 2.75) is 70.1 Å². The largest absolute Gasteiger partial charge is 0.375 e. The van der Waals surface area contributed by atoms with E-state index in [-0.39, 0.29) is 0 Å². The quantitative estimate of drug-likeness (QED) is 0.851. The average Bonchev–Trinajstić information content (AvgIpc) is 3.18. The predicted octanol–water partition coefficient (Wildman–Crippen LogP) is 3.79. The third kappa shape index (κ3) is 3.83. The van der Waals surface area contributed by atoms with Crippen molar-refractivity contribution in [2.24, 2.45) is 0 Å². The van der Waals surface area contributed by atoms with E-state index in [1.807, 2.05) is 0 Å². The van der Waals surface area contributed by atoms with Gasteiger partial charge in [0, 0.05) is 12.6 Å². The minimum atomic E-state index is 0.454. The lowest BCUT2D eigenvalue weighted by Gasteiger charge is -2.22. The van der Waals surface area contributed by atoms with Crippen molar-refractivity contribution < 1.29 is 4.74 Å². The molecule has 3 rings (SSSR count). The van der Waals surface area contributed by atoms with Gasteiger partial charge in [-0.25, -0.2) is 0 Å². The lowest BCUT2D eigenvalue weighted by molar-refractivity contribution is 0.0465. The first-order valence-electron chi connectivity index (χ1n) is 8.16. The first-order chi connectivity index (χ1) is 9.70. The summed E-state index contributed by atoms with van der Waals surface area (Å²) in [6.07, 6.45) is 7.24. The molecule has 1 aromatic rings. The van der Waals surface area contributed by atoms with Crippen LogP contribution in [-0.2, 0) is 4.74 Å². The highest BCUT2D eigenvalue weighted by atomic mass is 16.5. The summed E-state index contributed by atoms with van der Waals surface area (Å²) >= 11 is 0. The molecule has 1 heterocycles. The minimum Gasteiger partial charge on any atom is -0.375 e. The van der Waals surface area contributed by atoms with Crippen LogP contribution in [0.15, 0.2) is 24.3 Å². The highest BCUT2D eigenvalue weighted by molar-refractivity contribution is 5.25. The lowest BCUT2D eigenvalue weighted by Crippen LogP contribution is -2.26. The van der Waals surface area contributed by atoms with Crippen LogP contribution in [0.2, 0.25) is 0 Å². The van der Waals surface area contributed by atoms with Gasteiger partial charge in [0.25, 0.3) is 0 Å². The molecule has 3 unspecified atom stereocenters. The molecule has 0 spiro atoms. The Labute approximate surface area is 122 Å². The summed E-state index contributed by atoms with van der Waals surface area (Å²) in [7, 11) is 0. The van der Waals surface area contributed by atoms with Crippen molar-refractivity contribution in [3.8, 4) is 0 Å². The smallest absolute Gasteiger partial charge is 0.0586 e. The van der Waals surface area contributed by atoms with E-state index in [4.69, 9.17) is 4.74 Å². The maximum atomic E-state index is 6.03. The first-order valence-corrected chi connectivity index (χ1v) is 8.16. The van der Waals surface area contributed by atoms with Crippen molar-refractivity contribution >= 4 is 0 Å². The number of rotatable bonds is 6. The fourth-order valence-electron chi connectivity index (χ4n) is 3.15. The molecule has 1 aliphatic heterocycles. The normalized spacial score (nSPS) is 27.7. The number of nitrogens with one attached hydrogen (secondary N) is 1. The zero-order valence-electron chi connectivity index (χ0n) is 12.8. The molecule has 1 saturated heterocycles. The van der Waals surface area contributed by atoms with E-state index in [9.17, 15) is 0 Å². The zero-order chi connectivity index (χ0) is 13.9. The SMILES string of the molecule is Cc1ccc(C(CNC2CC2)CC2CCC(C)O2)cc1. The highest BCUT2D eigenvalue weighted by Gasteiger charge is 2.27. The van der Waals surface area contributed by atoms with Crippen molar-refractivity contribution in [1.29, 1.82) is 0 Å². The predicted molar refractivity (Wildman–Crippen MR) is 83.1 cm³/mol. The Morgan fingerprint density at radius 2 is 1.90 bits per heavy atom. The van der Waals surface area contributed by atoms with Gasteiger partial charge in [0.15, 0.2) is 0 Å². The molecular formula is C18H27NO. The Bertz CT molecular complexity index is 424. The number of ether oxygens (including phenoxy) is 1. The van der Waals surface area contributed by atoms with Crippen LogP contribution in [0, 0.1) is 6.92 Å². The summed E-state index contributed by atoms with van der Waals surface area (Å²) in [5, 5.41) is 3.70. The number of benzene rings is 1. The van der Waals surface area contributed by atoms with Gasteiger partial charge in [0.1, 0.15) is 0 Å². The molecule has 0 radical (unpaired) electrons. The topological polar surface area (TPSA) is 21.3 Å². The van der Waals surface area contributed by atoms with Crippen LogP contribution in [-0.4, -0.2) is 24.8 Å². The van der Waals surface area contributed by atoms with E-state index in [0.29, 0.717) is 18.1 Å². The molecule has 3 atom stereocenters. The van der Waals surface area contributed by atoms with Gasteiger partial charge < -0.3 is 10.1 Å². The Balaban J connectivity index is 1.63. The number of hydrogen-bond acceptors (Lipinski definition) is 2. The van der Waals surface area contributed by atoms with E-state index >= 15 is 0 Å². The van der Waals surface area contributed by atoms with Gasteiger partial charge in [0.2, 0.25) is 0 Å². The Morgan fingerprint density at radius 3 is 2.50 bits per heavy atom. The van der Waals surface area contributed by atoms with Gasteiger partial charge in [-0.3, -0.25) is 0 Å². The van der Waals surface area contributed by atoms with E-state index < -0.39 is 0 Å². The van der Waals surface area contributed by atoms with Gasteiger partial charge in [-0.2, -0.15) is 0 Å². The fraction of sp³-hybridized carbons (Fsp3) is 0.667. The molecule has 0 bridgehead atoms. The summed E-state index contributed by atoms with van der Waals surface area (Å²) in [6, 6.07) is 9.85. The molecule has 0 aromatic heterocycles. The summed E-state index contributed by atoms with van der Waals surface area (Å²) in [4.78, 5) is 0. The van der Waals surface area contributed by atoms with Crippen molar-refractivity contribution in [1.82, 2.24) is 5.32 Å². The molecule has 2 nitrogen and oxygen atoms in total. The van der Waals surface area contributed by atoms with Crippen LogP contribution >= 0.6 is 0 Å². The number of aryl methyl sites for hydroxylation is 1. The molecule has 1 saturated carbocycles. The molecule has 1 aromatic carbocycles. The van der Waals surface area contributed by atoms with Gasteiger partial charge >= 0.3 is 0 Å². The minimum absolute atomic E-state index is 0.454. The van der Waals surface area contributed by atoms with Gasteiger partial charge in [-0.15, -0.1) is 0 Å². The summed E-state index contributed by atoms with van der Waals surface area (Å²) in [5.41, 5.74) is 2.81. The van der Waals surface area contributed by atoms with Crippen molar-refractivity contribution in [3.05, 3.63) is 35.4 Å². The standard InChI is InChI=1S/C18H27NO/c1-13-3-6-15(7-4-13)16(12-19-17-8-9-17)11-18-10-5-14(2)20-18/h3-4,6-7,14,16-19H,5,8-12H2,1-2H3. The van der Waals surface area contributed by atoms with E-state index in [1.165, 1.54) is 36.8 Å². The molecule has 0 amide bonds. The molecule has 2 aliphatic rings. The van der Waals surface area contributed by atoms with Crippen LogP contribution in [0.1, 0.15) is 56.1 Å². The van der Waals surface area contributed by atoms with E-state index in [2.05, 4.69) is 43.4 Å². The molecular weight excluding hydrogens is 246 g/mol. The lowest BCUT2D eigenvalue weighted by atomic mass is 9.91. The van der Waals surface area contributed by atoms with Crippen molar-refractivity contribution in [3.63, 3.8) is 0 Å². The molecule has 110 valence electrons. The Hall–Kier alpha value is -0.860. The third-order valence-electron chi connectivity index (χ3n) is 4.65. The Kier molecular flexibility index (Phi) is 4.42. The van der Waals surface area contributed by atoms with Crippen molar-refractivity contribution in [2.75, 3.05) is 6.54 Å². The second-order valence-electron chi connectivity index (χ2n) is 6.67. The molecule has 1 aliphatic carbocycles. The monoisotopic (exact) mass is 273 g/mol. The van der Waals surface area contributed by atoms with Gasteiger partial charge in [-0.1, -0.05) is 29.8 Å². The van der Waals surface area contributed by atoms with Crippen LogP contribution < -0.4 is 5.32 Å². The molecule has 20 heavy (non-hydrogen) atoms. The molecule has 2 heteroatoms. The maximum Gasteiger partial charge on any atom is 0.0586 e. The zero-order valence-corrected chi connectivity index (χ0v) is 12.8. The third-order valence-corrected chi connectivity index (χ3v) is 4.65. The van der Waals surface area contributed by atoms with E-state index in [1.54, 1.807) is 0 Å². The summed E-state index contributed by atoms with van der Waals surface area (Å²) < 4.78 is 6.03. The molecule has 1 N–H and O–H groups in total. The fourth-order valence-corrected chi connectivity index (χ4v) is 3.15. The van der Waals surface area contributed by atoms with Crippen LogP contribution in [0.4, 0.5) is 0 Å². The first kappa shape index (κ1) is 14.1. The highest BCUT2D eigenvalue weighted by Crippen LogP contribution is 2.30. The van der Waals surface area contributed by atoms with Crippen LogP contribution in [0.3, 0.4) is 0 Å². The molecule has 2 fully saturated rings. The second kappa shape index (κ2) is 6.28. The second-order valence-corrected chi connectivity index (χ2v) is 6.67. The van der Waals surface area contributed by atoms with Crippen LogP contribution in [0.25, 0.3) is 0 Å². The summed E-state index contributed by atoms with van der Waals surface area (Å²) in [5.74, 6) is 0.589. The van der Waals surface area contributed by atoms with E-state index in [0.717, 1.165) is 19.0 Å². The van der Waals surface area contributed by atoms with Gasteiger partial charge in [-0.05, 0) is 57.4 Å².